The van der Waals surface area contributed by atoms with E-state index in [-0.39, 0.29) is 11.3 Å². The topological polar surface area (TPSA) is 34.5 Å². The van der Waals surface area contributed by atoms with Crippen molar-refractivity contribution in [1.82, 2.24) is 9.47 Å². The van der Waals surface area contributed by atoms with Crippen molar-refractivity contribution in [3.63, 3.8) is 0 Å². The van der Waals surface area contributed by atoms with Crippen molar-refractivity contribution < 1.29 is 22.7 Å². The lowest BCUT2D eigenvalue weighted by Gasteiger charge is -2.37. The van der Waals surface area contributed by atoms with E-state index in [1.54, 1.807) is 23.1 Å². The summed E-state index contributed by atoms with van der Waals surface area (Å²) in [5, 5.41) is 0.521. The van der Waals surface area contributed by atoms with Gasteiger partial charge in [0.25, 0.3) is 5.91 Å². The van der Waals surface area contributed by atoms with Gasteiger partial charge in [0.1, 0.15) is 5.75 Å². The molecular weight excluding hydrogens is 417 g/mol. The minimum atomic E-state index is -4.63. The highest BCUT2D eigenvalue weighted by Gasteiger charge is 2.37. The zero-order valence-electron chi connectivity index (χ0n) is 16.0. The molecule has 1 aliphatic rings. The van der Waals surface area contributed by atoms with Crippen LogP contribution in [0.2, 0.25) is 5.02 Å². The van der Waals surface area contributed by atoms with Gasteiger partial charge in [0.15, 0.2) is 0 Å². The van der Waals surface area contributed by atoms with Gasteiger partial charge in [-0.3, -0.25) is 4.79 Å². The second-order valence-corrected chi connectivity index (χ2v) is 7.43. The molecule has 0 saturated heterocycles. The lowest BCUT2D eigenvalue weighted by Crippen LogP contribution is -2.42. The predicted octanol–water partition coefficient (Wildman–Crippen LogP) is 5.41. The van der Waals surface area contributed by atoms with Gasteiger partial charge in [0.2, 0.25) is 0 Å². The molecule has 2 heterocycles. The summed E-state index contributed by atoms with van der Waals surface area (Å²) in [6.45, 7) is 0.901. The van der Waals surface area contributed by atoms with Gasteiger partial charge >= 0.3 is 6.18 Å². The Morgan fingerprint density at radius 2 is 1.90 bits per heavy atom. The van der Waals surface area contributed by atoms with Crippen LogP contribution >= 0.6 is 11.6 Å². The van der Waals surface area contributed by atoms with E-state index in [2.05, 4.69) is 0 Å². The Kier molecular flexibility index (Phi) is 5.24. The summed E-state index contributed by atoms with van der Waals surface area (Å²) in [6.07, 6.45) is -2.71. The summed E-state index contributed by atoms with van der Waals surface area (Å²) in [7, 11) is 1.17. The number of nitrogens with zero attached hydrogens (tertiary/aromatic N) is 2. The molecule has 1 amide bonds. The van der Waals surface area contributed by atoms with Crippen molar-refractivity contribution in [2.75, 3.05) is 13.7 Å². The second kappa shape index (κ2) is 7.72. The molecule has 1 aromatic heterocycles. The molecule has 8 heteroatoms. The van der Waals surface area contributed by atoms with Crippen molar-refractivity contribution in [3.05, 3.63) is 88.2 Å². The molecule has 0 spiro atoms. The van der Waals surface area contributed by atoms with Gasteiger partial charge in [0.05, 0.1) is 18.7 Å². The third-order valence-electron chi connectivity index (χ3n) is 5.22. The number of rotatable bonds is 3. The summed E-state index contributed by atoms with van der Waals surface area (Å²) in [4.78, 5) is 14.9. The fourth-order valence-electron chi connectivity index (χ4n) is 3.86. The van der Waals surface area contributed by atoms with E-state index in [0.29, 0.717) is 18.1 Å². The van der Waals surface area contributed by atoms with Crippen molar-refractivity contribution in [2.24, 2.45) is 0 Å². The molecule has 4 rings (SSSR count). The Morgan fingerprint density at radius 1 is 1.10 bits per heavy atom. The van der Waals surface area contributed by atoms with Gasteiger partial charge in [-0.2, -0.15) is 13.2 Å². The standard InChI is InChI=1S/C22H18ClF3N2O2/c1-30-19-8-7-15(13-17(19)22(24,25)26)21(29)28-11-10-27-9-3-6-18(27)20(28)14-4-2-5-16(23)12-14/h2-9,12-13,20H,10-11H2,1H3/t20-/m0/s1. The van der Waals surface area contributed by atoms with E-state index in [1.807, 2.05) is 29.0 Å². The molecule has 0 radical (unpaired) electrons. The van der Waals surface area contributed by atoms with Crippen LogP contribution < -0.4 is 4.74 Å². The highest BCUT2D eigenvalue weighted by Crippen LogP contribution is 2.38. The van der Waals surface area contributed by atoms with Crippen LogP contribution in [0, 0.1) is 0 Å². The molecule has 0 fully saturated rings. The number of aromatic nitrogens is 1. The first-order chi connectivity index (χ1) is 14.3. The number of hydrogen-bond acceptors (Lipinski definition) is 2. The number of benzene rings is 2. The molecule has 1 aliphatic heterocycles. The van der Waals surface area contributed by atoms with Crippen molar-refractivity contribution >= 4 is 17.5 Å². The minimum Gasteiger partial charge on any atom is -0.496 e. The lowest BCUT2D eigenvalue weighted by atomic mass is 9.98. The second-order valence-electron chi connectivity index (χ2n) is 7.00. The van der Waals surface area contributed by atoms with Crippen LogP contribution in [0.1, 0.15) is 33.2 Å². The first kappa shape index (κ1) is 20.3. The van der Waals surface area contributed by atoms with Gasteiger partial charge in [-0.25, -0.2) is 0 Å². The predicted molar refractivity (Wildman–Crippen MR) is 107 cm³/mol. The third kappa shape index (κ3) is 3.65. The summed E-state index contributed by atoms with van der Waals surface area (Å²) in [6, 6.07) is 13.9. The fourth-order valence-corrected chi connectivity index (χ4v) is 4.06. The highest BCUT2D eigenvalue weighted by molar-refractivity contribution is 6.30. The van der Waals surface area contributed by atoms with Crippen LogP contribution in [-0.2, 0) is 12.7 Å². The van der Waals surface area contributed by atoms with Crippen molar-refractivity contribution in [1.29, 1.82) is 0 Å². The van der Waals surface area contributed by atoms with Crippen molar-refractivity contribution in [3.8, 4) is 5.75 Å². The highest BCUT2D eigenvalue weighted by atomic mass is 35.5. The molecule has 0 unspecified atom stereocenters. The number of methoxy groups -OCH3 is 1. The Labute approximate surface area is 176 Å². The molecule has 2 aromatic carbocycles. The summed E-state index contributed by atoms with van der Waals surface area (Å²) >= 11 is 6.16. The number of ether oxygens (including phenoxy) is 1. The van der Waals surface area contributed by atoms with Crippen LogP contribution in [0.25, 0.3) is 0 Å². The monoisotopic (exact) mass is 434 g/mol. The normalized spacial score (nSPS) is 16.3. The molecule has 156 valence electrons. The molecule has 0 bridgehead atoms. The van der Waals surface area contributed by atoms with E-state index >= 15 is 0 Å². The van der Waals surface area contributed by atoms with Crippen LogP contribution in [0.3, 0.4) is 0 Å². The van der Waals surface area contributed by atoms with Crippen LogP contribution in [0.5, 0.6) is 5.75 Å². The number of halogens is 4. The minimum absolute atomic E-state index is 0.0461. The lowest BCUT2D eigenvalue weighted by molar-refractivity contribution is -0.138. The molecule has 1 atom stereocenters. The van der Waals surface area contributed by atoms with Gasteiger partial charge in [0, 0.05) is 35.6 Å². The van der Waals surface area contributed by atoms with E-state index in [9.17, 15) is 18.0 Å². The molecule has 0 aliphatic carbocycles. The molecule has 0 N–H and O–H groups in total. The van der Waals surface area contributed by atoms with Crippen LogP contribution in [0.4, 0.5) is 13.2 Å². The largest absolute Gasteiger partial charge is 0.496 e. The average Bonchev–Trinajstić information content (AvgIpc) is 3.20. The number of carbonyl (C=O) groups excluding carboxylic acids is 1. The third-order valence-corrected chi connectivity index (χ3v) is 5.45. The Hall–Kier alpha value is -2.93. The number of fused-ring (bicyclic) bond motifs is 1. The number of alkyl halides is 3. The Morgan fingerprint density at radius 3 is 2.60 bits per heavy atom. The van der Waals surface area contributed by atoms with Gasteiger partial charge in [-0.1, -0.05) is 23.7 Å². The maximum Gasteiger partial charge on any atom is 0.419 e. The SMILES string of the molecule is COc1ccc(C(=O)N2CCn3cccc3[C@@H]2c2cccc(Cl)c2)cc1C(F)(F)F. The Bertz CT molecular complexity index is 1090. The first-order valence-electron chi connectivity index (χ1n) is 9.26. The zero-order valence-corrected chi connectivity index (χ0v) is 16.7. The summed E-state index contributed by atoms with van der Waals surface area (Å²) in [5.74, 6) is -0.807. The fraction of sp³-hybridized carbons (Fsp3) is 0.227. The molecule has 0 saturated carbocycles. The maximum atomic E-state index is 13.4. The van der Waals surface area contributed by atoms with E-state index in [4.69, 9.17) is 16.3 Å². The van der Waals surface area contributed by atoms with E-state index in [0.717, 1.165) is 17.3 Å². The van der Waals surface area contributed by atoms with E-state index < -0.39 is 23.7 Å². The van der Waals surface area contributed by atoms with Gasteiger partial charge in [-0.05, 0) is 48.0 Å². The van der Waals surface area contributed by atoms with Gasteiger partial charge in [-0.15, -0.1) is 0 Å². The van der Waals surface area contributed by atoms with E-state index in [1.165, 1.54) is 19.2 Å². The van der Waals surface area contributed by atoms with Crippen LogP contribution in [0.15, 0.2) is 60.8 Å². The average molecular weight is 435 g/mol. The summed E-state index contributed by atoms with van der Waals surface area (Å²) < 4.78 is 47.2. The molecule has 30 heavy (non-hydrogen) atoms. The zero-order chi connectivity index (χ0) is 21.5. The molecule has 3 aromatic rings. The number of hydrogen-bond donors (Lipinski definition) is 0. The summed E-state index contributed by atoms with van der Waals surface area (Å²) in [5.41, 5.74) is 0.646. The van der Waals surface area contributed by atoms with Crippen molar-refractivity contribution in [2.45, 2.75) is 18.8 Å². The van der Waals surface area contributed by atoms with Gasteiger partial charge < -0.3 is 14.2 Å². The maximum absolute atomic E-state index is 13.4. The quantitative estimate of drug-likeness (QED) is 0.552. The number of carbonyl (C=O) groups is 1. The molecule has 4 nitrogen and oxygen atoms in total. The first-order valence-corrected chi connectivity index (χ1v) is 9.64. The van der Waals surface area contributed by atoms with Crippen LogP contribution in [-0.4, -0.2) is 29.0 Å². The smallest absolute Gasteiger partial charge is 0.419 e. The number of amides is 1. The molecular formula is C22H18ClF3N2O2. The Balaban J connectivity index is 1.78.